The molecule has 0 aromatic heterocycles. The summed E-state index contributed by atoms with van der Waals surface area (Å²) in [5, 5.41) is 0. The quantitative estimate of drug-likeness (QED) is 0.910. The number of hydrogen-bond donors (Lipinski definition) is 1. The smallest absolute Gasteiger partial charge is 0.0369 e. The van der Waals surface area contributed by atoms with Crippen LogP contribution >= 0.6 is 0 Å². The van der Waals surface area contributed by atoms with E-state index in [1.807, 2.05) is 0 Å². The molecule has 1 aromatic carbocycles. The number of nitrogens with zero attached hydrogens (tertiary/aromatic N) is 1. The summed E-state index contributed by atoms with van der Waals surface area (Å²) in [5.74, 6) is 0. The third-order valence-corrected chi connectivity index (χ3v) is 5.59. The molecule has 0 unspecified atom stereocenters. The molecule has 1 saturated heterocycles. The maximum absolute atomic E-state index is 5.67. The van der Waals surface area contributed by atoms with Gasteiger partial charge in [0.15, 0.2) is 0 Å². The fourth-order valence-corrected chi connectivity index (χ4v) is 4.18. The van der Waals surface area contributed by atoms with Gasteiger partial charge in [0.1, 0.15) is 0 Å². The van der Waals surface area contributed by atoms with Crippen molar-refractivity contribution in [3.05, 3.63) is 29.3 Å². The molecule has 2 aliphatic rings. The number of benzene rings is 1. The molecule has 2 fully saturated rings. The Kier molecular flexibility index (Phi) is 4.02. The van der Waals surface area contributed by atoms with Crippen LogP contribution in [0.25, 0.3) is 0 Å². The number of hydrogen-bond acceptors (Lipinski definition) is 2. The standard InChI is InChI=1S/C18H28N2/c1-15-14-17(5-4-16(15)6-11-19)20-12-9-18(10-13-20)7-2-3-8-18/h4-5,14H,2-3,6-13,19H2,1H3. The van der Waals surface area contributed by atoms with E-state index in [-0.39, 0.29) is 0 Å². The van der Waals surface area contributed by atoms with E-state index in [4.69, 9.17) is 5.73 Å². The predicted octanol–water partition coefficient (Wildman–Crippen LogP) is 3.66. The molecule has 1 heterocycles. The molecule has 1 aromatic rings. The first-order valence-corrected chi connectivity index (χ1v) is 8.27. The zero-order valence-electron chi connectivity index (χ0n) is 12.8. The lowest BCUT2D eigenvalue weighted by Gasteiger charge is -2.40. The highest BCUT2D eigenvalue weighted by atomic mass is 15.1. The zero-order valence-corrected chi connectivity index (χ0v) is 12.8. The van der Waals surface area contributed by atoms with Crippen molar-refractivity contribution in [2.45, 2.75) is 51.9 Å². The highest BCUT2D eigenvalue weighted by molar-refractivity contribution is 5.51. The second-order valence-corrected chi connectivity index (χ2v) is 6.84. The molecule has 110 valence electrons. The number of piperidine rings is 1. The van der Waals surface area contributed by atoms with Gasteiger partial charge in [0.05, 0.1) is 0 Å². The molecule has 2 heteroatoms. The highest BCUT2D eigenvalue weighted by Gasteiger charge is 2.36. The van der Waals surface area contributed by atoms with E-state index in [9.17, 15) is 0 Å². The largest absolute Gasteiger partial charge is 0.371 e. The van der Waals surface area contributed by atoms with Gasteiger partial charge >= 0.3 is 0 Å². The maximum atomic E-state index is 5.67. The van der Waals surface area contributed by atoms with Crippen LogP contribution < -0.4 is 10.6 Å². The minimum absolute atomic E-state index is 0.713. The Labute approximate surface area is 123 Å². The Hall–Kier alpha value is -1.02. The molecule has 1 saturated carbocycles. The van der Waals surface area contributed by atoms with Crippen LogP contribution in [0.15, 0.2) is 18.2 Å². The van der Waals surface area contributed by atoms with Gasteiger partial charge in [-0.15, -0.1) is 0 Å². The van der Waals surface area contributed by atoms with Crippen molar-refractivity contribution in [2.24, 2.45) is 11.1 Å². The van der Waals surface area contributed by atoms with Gasteiger partial charge in [-0.2, -0.15) is 0 Å². The number of anilines is 1. The first-order valence-electron chi connectivity index (χ1n) is 8.27. The summed E-state index contributed by atoms with van der Waals surface area (Å²) < 4.78 is 0. The predicted molar refractivity (Wildman–Crippen MR) is 86.3 cm³/mol. The first-order chi connectivity index (χ1) is 9.72. The van der Waals surface area contributed by atoms with Crippen molar-refractivity contribution in [2.75, 3.05) is 24.5 Å². The van der Waals surface area contributed by atoms with Crippen LogP contribution in [-0.2, 0) is 6.42 Å². The zero-order chi connectivity index (χ0) is 14.0. The Morgan fingerprint density at radius 2 is 1.80 bits per heavy atom. The minimum Gasteiger partial charge on any atom is -0.371 e. The molecule has 0 bridgehead atoms. The summed E-state index contributed by atoms with van der Waals surface area (Å²) in [6.07, 6.45) is 9.69. The topological polar surface area (TPSA) is 29.3 Å². The van der Waals surface area contributed by atoms with Crippen molar-refractivity contribution in [3.63, 3.8) is 0 Å². The molecular weight excluding hydrogens is 244 g/mol. The summed E-state index contributed by atoms with van der Waals surface area (Å²) >= 11 is 0. The fourth-order valence-electron chi connectivity index (χ4n) is 4.18. The van der Waals surface area contributed by atoms with Crippen molar-refractivity contribution < 1.29 is 0 Å². The lowest BCUT2D eigenvalue weighted by Crippen LogP contribution is -2.38. The maximum Gasteiger partial charge on any atom is 0.0369 e. The van der Waals surface area contributed by atoms with Gasteiger partial charge in [-0.05, 0) is 74.2 Å². The Morgan fingerprint density at radius 3 is 2.40 bits per heavy atom. The molecule has 1 aliphatic heterocycles. The average molecular weight is 272 g/mol. The van der Waals surface area contributed by atoms with E-state index >= 15 is 0 Å². The molecule has 0 atom stereocenters. The Bertz CT molecular complexity index is 450. The van der Waals surface area contributed by atoms with Gasteiger partial charge < -0.3 is 10.6 Å². The number of aryl methyl sites for hydroxylation is 1. The van der Waals surface area contributed by atoms with E-state index in [1.54, 1.807) is 0 Å². The molecule has 20 heavy (non-hydrogen) atoms. The molecule has 2 nitrogen and oxygen atoms in total. The molecule has 2 N–H and O–H groups in total. The lowest BCUT2D eigenvalue weighted by atomic mass is 9.77. The molecule has 3 rings (SSSR count). The molecule has 0 radical (unpaired) electrons. The van der Waals surface area contributed by atoms with E-state index < -0.39 is 0 Å². The SMILES string of the molecule is Cc1cc(N2CCC3(CCCC3)CC2)ccc1CCN. The van der Waals surface area contributed by atoms with Gasteiger partial charge in [-0.25, -0.2) is 0 Å². The third-order valence-electron chi connectivity index (χ3n) is 5.59. The van der Waals surface area contributed by atoms with Crippen LogP contribution in [0.1, 0.15) is 49.7 Å². The van der Waals surface area contributed by atoms with Crippen molar-refractivity contribution in [1.29, 1.82) is 0 Å². The highest BCUT2D eigenvalue weighted by Crippen LogP contribution is 2.46. The summed E-state index contributed by atoms with van der Waals surface area (Å²) in [6, 6.07) is 6.93. The summed E-state index contributed by atoms with van der Waals surface area (Å²) in [5.41, 5.74) is 10.6. The second-order valence-electron chi connectivity index (χ2n) is 6.84. The first kappa shape index (κ1) is 13.9. The van der Waals surface area contributed by atoms with Gasteiger partial charge in [0, 0.05) is 18.8 Å². The van der Waals surface area contributed by atoms with E-state index in [2.05, 4.69) is 30.0 Å². The normalized spacial score (nSPS) is 21.6. The van der Waals surface area contributed by atoms with Crippen LogP contribution in [0.3, 0.4) is 0 Å². The van der Waals surface area contributed by atoms with Crippen LogP contribution in [0, 0.1) is 12.3 Å². The van der Waals surface area contributed by atoms with E-state index in [0.717, 1.165) is 13.0 Å². The van der Waals surface area contributed by atoms with Crippen LogP contribution in [0.2, 0.25) is 0 Å². The lowest BCUT2D eigenvalue weighted by molar-refractivity contribution is 0.226. The van der Waals surface area contributed by atoms with Gasteiger partial charge in [-0.3, -0.25) is 0 Å². The molecule has 1 spiro atoms. The Balaban J connectivity index is 1.67. The van der Waals surface area contributed by atoms with Crippen molar-refractivity contribution >= 4 is 5.69 Å². The summed E-state index contributed by atoms with van der Waals surface area (Å²) in [4.78, 5) is 2.59. The van der Waals surface area contributed by atoms with E-state index in [1.165, 1.54) is 68.4 Å². The van der Waals surface area contributed by atoms with Crippen LogP contribution in [-0.4, -0.2) is 19.6 Å². The monoisotopic (exact) mass is 272 g/mol. The molecule has 0 amide bonds. The van der Waals surface area contributed by atoms with Crippen LogP contribution in [0.4, 0.5) is 5.69 Å². The van der Waals surface area contributed by atoms with Gasteiger partial charge in [-0.1, -0.05) is 18.9 Å². The summed E-state index contributed by atoms with van der Waals surface area (Å²) in [6.45, 7) is 5.45. The number of rotatable bonds is 3. The third kappa shape index (κ3) is 2.71. The Morgan fingerprint density at radius 1 is 1.10 bits per heavy atom. The molecule has 1 aliphatic carbocycles. The van der Waals surface area contributed by atoms with Gasteiger partial charge in [0.2, 0.25) is 0 Å². The minimum atomic E-state index is 0.713. The van der Waals surface area contributed by atoms with Crippen LogP contribution in [0.5, 0.6) is 0 Å². The van der Waals surface area contributed by atoms with Crippen molar-refractivity contribution in [3.8, 4) is 0 Å². The van der Waals surface area contributed by atoms with E-state index in [0.29, 0.717) is 5.41 Å². The second kappa shape index (κ2) is 5.77. The number of nitrogens with two attached hydrogens (primary N) is 1. The van der Waals surface area contributed by atoms with Crippen molar-refractivity contribution in [1.82, 2.24) is 0 Å². The summed E-state index contributed by atoms with van der Waals surface area (Å²) in [7, 11) is 0. The fraction of sp³-hybridized carbons (Fsp3) is 0.667. The average Bonchev–Trinajstić information content (AvgIpc) is 2.91. The van der Waals surface area contributed by atoms with Gasteiger partial charge in [0.25, 0.3) is 0 Å². The molecular formula is C18H28N2.